The molecule has 0 spiro atoms. The van der Waals surface area contributed by atoms with Crippen molar-refractivity contribution in [3.8, 4) is 22.9 Å². The van der Waals surface area contributed by atoms with E-state index in [1.807, 2.05) is 73.7 Å². The van der Waals surface area contributed by atoms with Gasteiger partial charge >= 0.3 is 0 Å². The van der Waals surface area contributed by atoms with Crippen molar-refractivity contribution in [1.29, 1.82) is 5.26 Å². The number of alkyl halides is 1. The van der Waals surface area contributed by atoms with Crippen LogP contribution in [0.5, 0.6) is 5.75 Å². The highest BCUT2D eigenvalue weighted by atomic mass is 19.1. The molecule has 184 valence electrons. The Morgan fingerprint density at radius 3 is 2.36 bits per heavy atom. The lowest BCUT2D eigenvalue weighted by atomic mass is 9.75. The van der Waals surface area contributed by atoms with Crippen LogP contribution < -0.4 is 10.1 Å². The number of halogens is 1. The number of hydrogen-bond donors (Lipinski definition) is 1. The Hall–Kier alpha value is -3.98. The minimum Gasteiger partial charge on any atom is -0.491 e. The van der Waals surface area contributed by atoms with E-state index in [0.717, 1.165) is 40.8 Å². The van der Waals surface area contributed by atoms with Gasteiger partial charge in [0.1, 0.15) is 25.2 Å². The van der Waals surface area contributed by atoms with E-state index in [2.05, 4.69) is 18.3 Å². The summed E-state index contributed by atoms with van der Waals surface area (Å²) >= 11 is 0. The summed E-state index contributed by atoms with van der Waals surface area (Å²) in [6.45, 7) is 3.43. The quantitative estimate of drug-likeness (QED) is 0.403. The molecule has 0 aliphatic carbocycles. The summed E-state index contributed by atoms with van der Waals surface area (Å²) in [6.07, 6.45) is 1.38. The minimum atomic E-state index is -0.553. The summed E-state index contributed by atoms with van der Waals surface area (Å²) in [5, 5.41) is 12.5. The number of nitriles is 1. The molecule has 1 N–H and O–H groups in total. The van der Waals surface area contributed by atoms with Crippen molar-refractivity contribution in [2.75, 3.05) is 13.3 Å². The van der Waals surface area contributed by atoms with E-state index in [4.69, 9.17) is 9.73 Å². The number of aliphatic imine (C=N–C) groups is 1. The van der Waals surface area contributed by atoms with Crippen LogP contribution in [0.1, 0.15) is 49.3 Å². The fourth-order valence-corrected chi connectivity index (χ4v) is 4.84. The molecular weight excluding hydrogens is 453 g/mol. The molecule has 4 rings (SSSR count). The van der Waals surface area contributed by atoms with Gasteiger partial charge in [0, 0.05) is 11.6 Å². The maximum absolute atomic E-state index is 13.4. The molecule has 2 unspecified atom stereocenters. The second kappa shape index (κ2) is 11.6. The second-order valence-corrected chi connectivity index (χ2v) is 8.90. The van der Waals surface area contributed by atoms with Crippen LogP contribution in [0.2, 0.25) is 0 Å². The summed E-state index contributed by atoms with van der Waals surface area (Å²) in [6, 6.07) is 25.3. The normalized spacial score (nSPS) is 18.1. The molecule has 0 radical (unpaired) electrons. The zero-order valence-corrected chi connectivity index (χ0v) is 20.6. The van der Waals surface area contributed by atoms with E-state index < -0.39 is 12.6 Å². The topological polar surface area (TPSA) is 74.5 Å². The van der Waals surface area contributed by atoms with E-state index >= 15 is 0 Å². The predicted octanol–water partition coefficient (Wildman–Crippen LogP) is 6.04. The lowest BCUT2D eigenvalue weighted by Gasteiger charge is -2.33. The lowest BCUT2D eigenvalue weighted by molar-refractivity contribution is -0.124. The van der Waals surface area contributed by atoms with Crippen molar-refractivity contribution >= 4 is 11.6 Å². The fourth-order valence-electron chi connectivity index (χ4n) is 4.84. The second-order valence-electron chi connectivity index (χ2n) is 8.90. The fraction of sp³-hybridized carbons (Fsp3) is 0.300. The summed E-state index contributed by atoms with van der Waals surface area (Å²) in [5.74, 6) is -0.167. The Morgan fingerprint density at radius 1 is 1.06 bits per heavy atom. The third kappa shape index (κ3) is 5.46. The third-order valence-corrected chi connectivity index (χ3v) is 6.40. The van der Waals surface area contributed by atoms with Gasteiger partial charge in [-0.3, -0.25) is 9.79 Å². The van der Waals surface area contributed by atoms with Gasteiger partial charge in [0.2, 0.25) is 5.91 Å². The van der Waals surface area contributed by atoms with Crippen LogP contribution in [-0.2, 0) is 4.79 Å². The molecular formula is C30H30FN3O2. The first-order chi connectivity index (χ1) is 17.5. The summed E-state index contributed by atoms with van der Waals surface area (Å²) in [4.78, 5) is 18.2. The van der Waals surface area contributed by atoms with Gasteiger partial charge in [-0.25, -0.2) is 4.39 Å². The summed E-state index contributed by atoms with van der Waals surface area (Å²) in [7, 11) is 0. The number of benzene rings is 3. The van der Waals surface area contributed by atoms with Gasteiger partial charge in [0.25, 0.3) is 0 Å². The monoisotopic (exact) mass is 483 g/mol. The predicted molar refractivity (Wildman–Crippen MR) is 140 cm³/mol. The highest BCUT2D eigenvalue weighted by molar-refractivity contribution is 6.07. The Morgan fingerprint density at radius 2 is 1.72 bits per heavy atom. The van der Waals surface area contributed by atoms with Crippen LogP contribution in [-0.4, -0.2) is 31.1 Å². The Kier molecular flexibility index (Phi) is 8.12. The first kappa shape index (κ1) is 25.1. The van der Waals surface area contributed by atoms with E-state index in [0.29, 0.717) is 11.3 Å². The van der Waals surface area contributed by atoms with Gasteiger partial charge in [-0.05, 0) is 53.8 Å². The van der Waals surface area contributed by atoms with Crippen LogP contribution in [0.25, 0.3) is 11.1 Å². The molecule has 1 heterocycles. The van der Waals surface area contributed by atoms with Crippen LogP contribution in [0.3, 0.4) is 0 Å². The molecule has 0 saturated heterocycles. The van der Waals surface area contributed by atoms with Crippen LogP contribution >= 0.6 is 0 Å². The zero-order chi connectivity index (χ0) is 25.5. The molecule has 6 heteroatoms. The smallest absolute Gasteiger partial charge is 0.231 e. The highest BCUT2D eigenvalue weighted by Gasteiger charge is 2.37. The molecule has 1 aliphatic rings. The number of carbonyl (C=O) groups is 1. The Labute approximate surface area is 211 Å². The average Bonchev–Trinajstić information content (AvgIpc) is 2.90. The molecule has 3 aromatic carbocycles. The van der Waals surface area contributed by atoms with Crippen molar-refractivity contribution in [1.82, 2.24) is 5.32 Å². The first-order valence-electron chi connectivity index (χ1n) is 12.3. The molecule has 0 bridgehead atoms. The Bertz CT molecular complexity index is 1260. The van der Waals surface area contributed by atoms with Gasteiger partial charge in [0.15, 0.2) is 0 Å². The number of nitrogens with one attached hydrogen (secondary N) is 1. The molecule has 0 aromatic heterocycles. The van der Waals surface area contributed by atoms with Crippen LogP contribution in [0, 0.1) is 17.2 Å². The molecule has 1 aliphatic heterocycles. The van der Waals surface area contributed by atoms with E-state index in [9.17, 15) is 14.4 Å². The van der Waals surface area contributed by atoms with Gasteiger partial charge in [-0.2, -0.15) is 5.26 Å². The number of carbonyl (C=O) groups excluding carboxylic acids is 1. The van der Waals surface area contributed by atoms with Crippen LogP contribution in [0.15, 0.2) is 77.8 Å². The standard InChI is InChI=1S/C30H30FN3O2/c1-3-6-27-29(30(35)34-20(2)33-27)28(23-13-15-25(16-14-23)36-18-17-31)22-11-9-21(10-12-22)26-8-5-4-7-24(26)19-32/h4-5,7-16,20,28-29H,3,6,17-18H2,1-2H3,(H,34,35)/t20?,28-,29?/m1/s1. The first-order valence-corrected chi connectivity index (χ1v) is 12.3. The largest absolute Gasteiger partial charge is 0.491 e. The summed E-state index contributed by atoms with van der Waals surface area (Å²) in [5.41, 5.74) is 5.25. The van der Waals surface area contributed by atoms with Crippen molar-refractivity contribution < 1.29 is 13.9 Å². The van der Waals surface area contributed by atoms with E-state index in [1.54, 1.807) is 6.07 Å². The molecule has 0 fully saturated rings. The average molecular weight is 484 g/mol. The molecule has 0 saturated carbocycles. The SMILES string of the molecule is CCCC1=NC(C)NC(=O)C1[C@@H](c1ccc(OCCF)cc1)c1ccc(-c2ccccc2C#N)cc1. The molecule has 3 atom stereocenters. The van der Waals surface area contributed by atoms with E-state index in [-0.39, 0.29) is 24.6 Å². The number of amides is 1. The minimum absolute atomic E-state index is 0.00460. The third-order valence-electron chi connectivity index (χ3n) is 6.40. The number of hydrogen-bond acceptors (Lipinski definition) is 4. The van der Waals surface area contributed by atoms with Gasteiger partial charge in [0.05, 0.1) is 17.6 Å². The molecule has 1 amide bonds. The molecule has 5 nitrogen and oxygen atoms in total. The van der Waals surface area contributed by atoms with Crippen molar-refractivity contribution in [2.45, 2.75) is 38.8 Å². The van der Waals surface area contributed by atoms with Gasteiger partial charge in [-0.15, -0.1) is 0 Å². The van der Waals surface area contributed by atoms with E-state index in [1.165, 1.54) is 0 Å². The maximum Gasteiger partial charge on any atom is 0.231 e. The summed E-state index contributed by atoms with van der Waals surface area (Å²) < 4.78 is 18.0. The van der Waals surface area contributed by atoms with Crippen LogP contribution in [0.4, 0.5) is 4.39 Å². The number of nitrogens with zero attached hydrogens (tertiary/aromatic N) is 2. The zero-order valence-electron chi connectivity index (χ0n) is 20.6. The highest BCUT2D eigenvalue weighted by Crippen LogP contribution is 2.37. The lowest BCUT2D eigenvalue weighted by Crippen LogP contribution is -2.47. The molecule has 36 heavy (non-hydrogen) atoms. The van der Waals surface area contributed by atoms with Gasteiger partial charge < -0.3 is 10.1 Å². The number of rotatable bonds is 9. The molecule has 3 aromatic rings. The van der Waals surface area contributed by atoms with Crippen molar-refractivity contribution in [2.24, 2.45) is 10.9 Å². The van der Waals surface area contributed by atoms with Crippen molar-refractivity contribution in [3.05, 3.63) is 89.5 Å². The van der Waals surface area contributed by atoms with Gasteiger partial charge in [-0.1, -0.05) is 67.9 Å². The number of ether oxygens (including phenoxy) is 1. The van der Waals surface area contributed by atoms with Crippen molar-refractivity contribution in [3.63, 3.8) is 0 Å². The maximum atomic E-state index is 13.4. The Balaban J connectivity index is 1.77.